The molecule has 180 valence electrons. The second-order valence-corrected chi connectivity index (χ2v) is 14.2. The highest BCUT2D eigenvalue weighted by Crippen LogP contribution is 2.35. The zero-order valence-electron chi connectivity index (χ0n) is 21.2. The van der Waals surface area contributed by atoms with E-state index in [0.717, 1.165) is 0 Å². The Hall–Kier alpha value is -4.34. The molecule has 6 rings (SSSR count). The van der Waals surface area contributed by atoms with Gasteiger partial charge in [0.15, 0.2) is 8.07 Å². The van der Waals surface area contributed by atoms with Crippen LogP contribution in [0, 0.1) is 0 Å². The fourth-order valence-corrected chi connectivity index (χ4v) is 8.38. The van der Waals surface area contributed by atoms with Crippen LogP contribution in [0.3, 0.4) is 0 Å². The van der Waals surface area contributed by atoms with Crippen LogP contribution in [-0.2, 0) is 0 Å². The van der Waals surface area contributed by atoms with Crippen LogP contribution in [0.2, 0.25) is 13.1 Å². The van der Waals surface area contributed by atoms with Crippen molar-refractivity contribution in [3.63, 3.8) is 0 Å². The van der Waals surface area contributed by atoms with Crippen LogP contribution in [0.25, 0.3) is 44.5 Å². The Morgan fingerprint density at radius 3 is 1.03 bits per heavy atom. The lowest BCUT2D eigenvalue weighted by molar-refractivity contribution is 1.41. The van der Waals surface area contributed by atoms with Gasteiger partial charge in [0.2, 0.25) is 0 Å². The van der Waals surface area contributed by atoms with E-state index in [2.05, 4.69) is 157 Å². The average Bonchev–Trinajstić information content (AvgIpc) is 3.61. The van der Waals surface area contributed by atoms with Crippen LogP contribution < -0.4 is 10.6 Å². The SMILES string of the molecule is C[Si](C)(c1[nH]cc(-c2ccccc2)c1-c1ccccc1)c1[nH]cc(-c2ccccc2)c1-c1ccccc1. The lowest BCUT2D eigenvalue weighted by atomic mass is 9.99. The molecule has 0 unspecified atom stereocenters. The van der Waals surface area contributed by atoms with Crippen LogP contribution in [0.4, 0.5) is 0 Å². The third-order valence-corrected chi connectivity index (χ3v) is 10.6. The number of aromatic amines is 2. The monoisotopic (exact) mass is 494 g/mol. The van der Waals surface area contributed by atoms with E-state index in [0.29, 0.717) is 0 Å². The van der Waals surface area contributed by atoms with Gasteiger partial charge in [-0.05, 0) is 22.3 Å². The number of aromatic nitrogens is 2. The first-order chi connectivity index (χ1) is 18.1. The molecule has 0 amide bonds. The number of nitrogens with one attached hydrogen (secondary N) is 2. The van der Waals surface area contributed by atoms with Gasteiger partial charge in [0, 0.05) is 45.3 Å². The summed E-state index contributed by atoms with van der Waals surface area (Å²) in [5.74, 6) is 0. The van der Waals surface area contributed by atoms with Gasteiger partial charge in [-0.25, -0.2) is 0 Å². The van der Waals surface area contributed by atoms with Gasteiger partial charge >= 0.3 is 0 Å². The predicted molar refractivity (Wildman–Crippen MR) is 160 cm³/mol. The molecule has 6 aromatic rings. The van der Waals surface area contributed by atoms with Gasteiger partial charge in [-0.1, -0.05) is 134 Å². The van der Waals surface area contributed by atoms with E-state index in [1.807, 2.05) is 0 Å². The van der Waals surface area contributed by atoms with E-state index >= 15 is 0 Å². The topological polar surface area (TPSA) is 31.6 Å². The second-order valence-electron chi connectivity index (χ2n) is 9.99. The molecular weight excluding hydrogens is 464 g/mol. The molecule has 0 aliphatic rings. The normalized spacial score (nSPS) is 11.5. The molecule has 0 radical (unpaired) electrons. The highest BCUT2D eigenvalue weighted by atomic mass is 28.3. The predicted octanol–water partition coefficient (Wildman–Crippen LogP) is 7.83. The summed E-state index contributed by atoms with van der Waals surface area (Å²) >= 11 is 0. The maximum atomic E-state index is 3.78. The van der Waals surface area contributed by atoms with E-state index in [1.165, 1.54) is 55.1 Å². The summed E-state index contributed by atoms with van der Waals surface area (Å²) < 4.78 is 0. The summed E-state index contributed by atoms with van der Waals surface area (Å²) in [5.41, 5.74) is 10.1. The summed E-state index contributed by atoms with van der Waals surface area (Å²) in [6.45, 7) is 4.90. The first kappa shape index (κ1) is 23.1. The van der Waals surface area contributed by atoms with Crippen molar-refractivity contribution in [1.82, 2.24) is 9.97 Å². The molecule has 0 fully saturated rings. The average molecular weight is 495 g/mol. The van der Waals surface area contributed by atoms with Gasteiger partial charge in [-0.3, -0.25) is 0 Å². The highest BCUT2D eigenvalue weighted by Gasteiger charge is 2.36. The van der Waals surface area contributed by atoms with Crippen LogP contribution in [0.5, 0.6) is 0 Å². The largest absolute Gasteiger partial charge is 0.367 e. The Labute approximate surface area is 219 Å². The van der Waals surface area contributed by atoms with Crippen molar-refractivity contribution in [2.24, 2.45) is 0 Å². The maximum Gasteiger partial charge on any atom is 0.154 e. The van der Waals surface area contributed by atoms with E-state index in [-0.39, 0.29) is 0 Å². The summed E-state index contributed by atoms with van der Waals surface area (Å²) in [7, 11) is -2.25. The summed E-state index contributed by atoms with van der Waals surface area (Å²) in [6.07, 6.45) is 4.40. The number of rotatable bonds is 6. The van der Waals surface area contributed by atoms with Crippen molar-refractivity contribution in [2.45, 2.75) is 13.1 Å². The van der Waals surface area contributed by atoms with E-state index in [1.54, 1.807) is 0 Å². The zero-order chi connectivity index (χ0) is 25.2. The smallest absolute Gasteiger partial charge is 0.154 e. The van der Waals surface area contributed by atoms with Crippen molar-refractivity contribution in [3.05, 3.63) is 134 Å². The number of H-pyrrole nitrogens is 2. The summed E-state index contributed by atoms with van der Waals surface area (Å²) in [4.78, 5) is 7.56. The van der Waals surface area contributed by atoms with Gasteiger partial charge in [-0.2, -0.15) is 0 Å². The number of hydrogen-bond donors (Lipinski definition) is 2. The minimum absolute atomic E-state index is 1.23. The molecule has 37 heavy (non-hydrogen) atoms. The first-order valence-corrected chi connectivity index (χ1v) is 15.8. The Balaban J connectivity index is 1.59. The van der Waals surface area contributed by atoms with Crippen LogP contribution in [0.1, 0.15) is 0 Å². The molecule has 2 aromatic heterocycles. The molecule has 4 aromatic carbocycles. The van der Waals surface area contributed by atoms with E-state index < -0.39 is 8.07 Å². The Morgan fingerprint density at radius 2 is 0.703 bits per heavy atom. The van der Waals surface area contributed by atoms with Crippen molar-refractivity contribution in [1.29, 1.82) is 0 Å². The van der Waals surface area contributed by atoms with Crippen LogP contribution >= 0.6 is 0 Å². The van der Waals surface area contributed by atoms with Crippen molar-refractivity contribution in [3.8, 4) is 44.5 Å². The van der Waals surface area contributed by atoms with Crippen molar-refractivity contribution in [2.75, 3.05) is 0 Å². The minimum Gasteiger partial charge on any atom is -0.367 e. The molecule has 0 bridgehead atoms. The molecule has 2 N–H and O–H groups in total. The molecule has 0 saturated heterocycles. The Kier molecular flexibility index (Phi) is 5.99. The molecule has 0 aliphatic carbocycles. The minimum atomic E-state index is -2.25. The van der Waals surface area contributed by atoms with Crippen LogP contribution in [0.15, 0.2) is 134 Å². The van der Waals surface area contributed by atoms with Gasteiger partial charge in [-0.15, -0.1) is 0 Å². The molecule has 2 nitrogen and oxygen atoms in total. The molecular formula is C34H30N2Si. The second kappa shape index (κ2) is 9.60. The third kappa shape index (κ3) is 4.18. The quantitative estimate of drug-likeness (QED) is 0.221. The molecule has 0 aliphatic heterocycles. The molecule has 3 heteroatoms. The van der Waals surface area contributed by atoms with Gasteiger partial charge < -0.3 is 9.97 Å². The lowest BCUT2D eigenvalue weighted by Crippen LogP contribution is -2.55. The summed E-state index contributed by atoms with van der Waals surface area (Å²) in [5, 5.41) is 2.66. The molecule has 0 spiro atoms. The standard InChI is InChI=1S/C34H30N2Si/c1-37(2,33-31(27-19-11-5-12-20-27)29(23-35-33)25-15-7-3-8-16-25)34-32(28-21-13-6-14-22-28)30(24-36-34)26-17-9-4-10-18-26/h3-24,35-36H,1-2H3. The first-order valence-electron chi connectivity index (χ1n) is 12.8. The Bertz CT molecular complexity index is 1490. The zero-order valence-corrected chi connectivity index (χ0v) is 22.2. The van der Waals surface area contributed by atoms with E-state index in [4.69, 9.17) is 0 Å². The molecule has 2 heterocycles. The molecule has 0 atom stereocenters. The summed E-state index contributed by atoms with van der Waals surface area (Å²) in [6, 6.07) is 43.0. The molecule has 0 saturated carbocycles. The Morgan fingerprint density at radius 1 is 0.405 bits per heavy atom. The van der Waals surface area contributed by atoms with E-state index in [9.17, 15) is 0 Å². The highest BCUT2D eigenvalue weighted by molar-refractivity contribution is 7.01. The van der Waals surface area contributed by atoms with Crippen molar-refractivity contribution >= 4 is 18.7 Å². The van der Waals surface area contributed by atoms with Gasteiger partial charge in [0.25, 0.3) is 0 Å². The van der Waals surface area contributed by atoms with Crippen molar-refractivity contribution < 1.29 is 0 Å². The third-order valence-electron chi connectivity index (χ3n) is 7.30. The van der Waals surface area contributed by atoms with Gasteiger partial charge in [0.1, 0.15) is 0 Å². The number of hydrogen-bond acceptors (Lipinski definition) is 0. The van der Waals surface area contributed by atoms with Crippen LogP contribution in [-0.4, -0.2) is 18.0 Å². The lowest BCUT2D eigenvalue weighted by Gasteiger charge is -2.25. The maximum absolute atomic E-state index is 3.78. The van der Waals surface area contributed by atoms with Gasteiger partial charge in [0.05, 0.1) is 0 Å². The number of benzene rings is 4. The fraction of sp³-hybridized carbons (Fsp3) is 0.0588. The fourth-order valence-electron chi connectivity index (χ4n) is 5.46.